The topological polar surface area (TPSA) is 25.8 Å². The van der Waals surface area contributed by atoms with Crippen molar-refractivity contribution in [2.45, 2.75) is 23.9 Å². The molecular formula is C11H12N2S2. The summed E-state index contributed by atoms with van der Waals surface area (Å²) in [6.07, 6.45) is 0. The summed E-state index contributed by atoms with van der Waals surface area (Å²) >= 11 is 3.40. The number of rotatable bonds is 3. The zero-order chi connectivity index (χ0) is 10.7. The fourth-order valence-electron chi connectivity index (χ4n) is 1.28. The molecule has 0 unspecified atom stereocenters. The molecule has 1 aromatic heterocycles. The van der Waals surface area contributed by atoms with Gasteiger partial charge in [-0.2, -0.15) is 0 Å². The summed E-state index contributed by atoms with van der Waals surface area (Å²) in [6.45, 7) is 4.09. The Kier molecular flexibility index (Phi) is 3.38. The van der Waals surface area contributed by atoms with Crippen LogP contribution < -0.4 is 0 Å². The second-order valence-electron chi connectivity index (χ2n) is 3.36. The van der Waals surface area contributed by atoms with E-state index in [1.54, 1.807) is 23.1 Å². The summed E-state index contributed by atoms with van der Waals surface area (Å²) in [5.41, 5.74) is 2.65. The van der Waals surface area contributed by atoms with Crippen LogP contribution >= 0.6 is 23.1 Å². The van der Waals surface area contributed by atoms with Crippen molar-refractivity contribution in [2.24, 2.45) is 0 Å². The first-order chi connectivity index (χ1) is 7.24. The van der Waals surface area contributed by atoms with Crippen molar-refractivity contribution in [1.82, 2.24) is 10.2 Å². The van der Waals surface area contributed by atoms with Gasteiger partial charge in [0.25, 0.3) is 0 Å². The van der Waals surface area contributed by atoms with Gasteiger partial charge in [-0.05, 0) is 19.4 Å². The number of aryl methyl sites for hydroxylation is 2. The number of thioether (sulfide) groups is 1. The quantitative estimate of drug-likeness (QED) is 0.763. The van der Waals surface area contributed by atoms with Crippen LogP contribution in [0.2, 0.25) is 0 Å². The van der Waals surface area contributed by atoms with Gasteiger partial charge in [0.2, 0.25) is 0 Å². The van der Waals surface area contributed by atoms with Gasteiger partial charge in [0.1, 0.15) is 5.01 Å². The van der Waals surface area contributed by atoms with Crippen molar-refractivity contribution < 1.29 is 0 Å². The van der Waals surface area contributed by atoms with Gasteiger partial charge in [0.15, 0.2) is 4.34 Å². The van der Waals surface area contributed by atoms with Crippen LogP contribution in [-0.2, 0) is 5.75 Å². The Labute approximate surface area is 97.8 Å². The molecule has 0 N–H and O–H groups in total. The van der Waals surface area contributed by atoms with Crippen molar-refractivity contribution in [3.8, 4) is 0 Å². The van der Waals surface area contributed by atoms with E-state index in [0.717, 1.165) is 15.1 Å². The van der Waals surface area contributed by atoms with E-state index >= 15 is 0 Å². The molecule has 0 spiro atoms. The van der Waals surface area contributed by atoms with Gasteiger partial charge in [-0.15, -0.1) is 10.2 Å². The second kappa shape index (κ2) is 4.77. The second-order valence-corrected chi connectivity index (χ2v) is 5.77. The molecule has 0 amide bonds. The van der Waals surface area contributed by atoms with E-state index < -0.39 is 0 Å². The molecule has 2 rings (SSSR count). The smallest absolute Gasteiger partial charge is 0.143 e. The molecule has 2 nitrogen and oxygen atoms in total. The first-order valence-electron chi connectivity index (χ1n) is 4.72. The van der Waals surface area contributed by atoms with Crippen LogP contribution in [0.4, 0.5) is 0 Å². The summed E-state index contributed by atoms with van der Waals surface area (Å²) in [4.78, 5) is 0. The normalized spacial score (nSPS) is 10.5. The summed E-state index contributed by atoms with van der Waals surface area (Å²) in [5, 5.41) is 9.11. The Morgan fingerprint density at radius 3 is 2.80 bits per heavy atom. The lowest BCUT2D eigenvalue weighted by atomic mass is 10.2. The first kappa shape index (κ1) is 10.6. The Balaban J connectivity index is 1.99. The van der Waals surface area contributed by atoms with E-state index in [9.17, 15) is 0 Å². The summed E-state index contributed by atoms with van der Waals surface area (Å²) in [5.74, 6) is 0.969. The number of aromatic nitrogens is 2. The average Bonchev–Trinajstić information content (AvgIpc) is 2.62. The molecule has 0 fully saturated rings. The van der Waals surface area contributed by atoms with Crippen molar-refractivity contribution >= 4 is 23.1 Å². The molecule has 0 saturated carbocycles. The number of hydrogen-bond acceptors (Lipinski definition) is 4. The lowest BCUT2D eigenvalue weighted by molar-refractivity contribution is 0.983. The summed E-state index contributed by atoms with van der Waals surface area (Å²) in [7, 11) is 0. The summed E-state index contributed by atoms with van der Waals surface area (Å²) in [6, 6.07) is 8.56. The van der Waals surface area contributed by atoms with Gasteiger partial charge in [0.05, 0.1) is 0 Å². The molecule has 0 saturated heterocycles. The molecular weight excluding hydrogens is 224 g/mol. The fourth-order valence-corrected chi connectivity index (χ4v) is 3.04. The molecule has 4 heteroatoms. The Morgan fingerprint density at radius 1 is 1.27 bits per heavy atom. The lowest BCUT2D eigenvalue weighted by Crippen LogP contribution is -1.81. The molecule has 78 valence electrons. The maximum atomic E-state index is 4.08. The van der Waals surface area contributed by atoms with Crippen LogP contribution in [-0.4, -0.2) is 10.2 Å². The largest absolute Gasteiger partial charge is 0.174 e. The molecule has 0 aliphatic heterocycles. The highest BCUT2D eigenvalue weighted by molar-refractivity contribution is 8.00. The maximum absolute atomic E-state index is 4.08. The van der Waals surface area contributed by atoms with Crippen molar-refractivity contribution in [3.05, 3.63) is 40.4 Å². The van der Waals surface area contributed by atoms with Crippen LogP contribution in [0.25, 0.3) is 0 Å². The average molecular weight is 236 g/mol. The predicted octanol–water partition coefficient (Wildman–Crippen LogP) is 3.45. The number of benzene rings is 1. The molecule has 1 heterocycles. The van der Waals surface area contributed by atoms with Gasteiger partial charge in [-0.25, -0.2) is 0 Å². The monoisotopic (exact) mass is 236 g/mol. The van der Waals surface area contributed by atoms with E-state index in [2.05, 4.69) is 41.4 Å². The molecule has 0 aliphatic rings. The third-order valence-electron chi connectivity index (χ3n) is 1.95. The number of hydrogen-bond donors (Lipinski definition) is 0. The van der Waals surface area contributed by atoms with Gasteiger partial charge in [-0.3, -0.25) is 0 Å². The van der Waals surface area contributed by atoms with Gasteiger partial charge in [0, 0.05) is 5.75 Å². The van der Waals surface area contributed by atoms with Gasteiger partial charge in [-0.1, -0.05) is 52.9 Å². The lowest BCUT2D eigenvalue weighted by Gasteiger charge is -1.99. The third kappa shape index (κ3) is 3.04. The van der Waals surface area contributed by atoms with E-state index in [-0.39, 0.29) is 0 Å². The zero-order valence-electron chi connectivity index (χ0n) is 8.73. The molecule has 0 aliphatic carbocycles. The van der Waals surface area contributed by atoms with Crippen molar-refractivity contribution in [2.75, 3.05) is 0 Å². The minimum Gasteiger partial charge on any atom is -0.143 e. The summed E-state index contributed by atoms with van der Waals surface area (Å²) < 4.78 is 1.05. The minimum absolute atomic E-state index is 0.969. The van der Waals surface area contributed by atoms with E-state index in [1.165, 1.54) is 11.1 Å². The molecule has 2 aromatic rings. The first-order valence-corrected chi connectivity index (χ1v) is 6.53. The van der Waals surface area contributed by atoms with Crippen LogP contribution in [0.3, 0.4) is 0 Å². The molecule has 0 radical (unpaired) electrons. The van der Waals surface area contributed by atoms with Crippen LogP contribution in [0.5, 0.6) is 0 Å². The van der Waals surface area contributed by atoms with Gasteiger partial charge < -0.3 is 0 Å². The van der Waals surface area contributed by atoms with Crippen LogP contribution in [0.1, 0.15) is 16.1 Å². The molecule has 0 atom stereocenters. The van der Waals surface area contributed by atoms with Crippen LogP contribution in [0, 0.1) is 13.8 Å². The van der Waals surface area contributed by atoms with Gasteiger partial charge >= 0.3 is 0 Å². The maximum Gasteiger partial charge on any atom is 0.174 e. The molecule has 15 heavy (non-hydrogen) atoms. The third-order valence-corrected chi connectivity index (χ3v) is 4.00. The molecule has 1 aromatic carbocycles. The highest BCUT2D eigenvalue weighted by Gasteiger charge is 2.01. The Bertz CT molecular complexity index is 451. The number of nitrogens with zero attached hydrogens (tertiary/aromatic N) is 2. The van der Waals surface area contributed by atoms with E-state index in [0.29, 0.717) is 0 Å². The van der Waals surface area contributed by atoms with E-state index in [4.69, 9.17) is 0 Å². The van der Waals surface area contributed by atoms with Crippen molar-refractivity contribution in [1.29, 1.82) is 0 Å². The SMILES string of the molecule is Cc1cccc(CSc2nnc(C)s2)c1. The van der Waals surface area contributed by atoms with Crippen LogP contribution in [0.15, 0.2) is 28.6 Å². The molecule has 0 bridgehead atoms. The Morgan fingerprint density at radius 2 is 2.13 bits per heavy atom. The predicted molar refractivity (Wildman–Crippen MR) is 65.4 cm³/mol. The highest BCUT2D eigenvalue weighted by atomic mass is 32.2. The van der Waals surface area contributed by atoms with E-state index in [1.807, 2.05) is 6.92 Å². The minimum atomic E-state index is 0.969. The Hall–Kier alpha value is -0.870. The zero-order valence-corrected chi connectivity index (χ0v) is 10.4. The standard InChI is InChI=1S/C11H12N2S2/c1-8-4-3-5-10(6-8)7-14-11-13-12-9(2)15-11/h3-6H,7H2,1-2H3. The fraction of sp³-hybridized carbons (Fsp3) is 0.273. The van der Waals surface area contributed by atoms with Crippen molar-refractivity contribution in [3.63, 3.8) is 0 Å². The highest BCUT2D eigenvalue weighted by Crippen LogP contribution is 2.25.